The average molecular weight is 172 g/mol. The Bertz CT molecular complexity index is 207. The van der Waals surface area contributed by atoms with Gasteiger partial charge in [0.05, 0.1) is 14.1 Å². The molecule has 0 saturated heterocycles. The van der Waals surface area contributed by atoms with E-state index in [1.807, 2.05) is 6.19 Å². The summed E-state index contributed by atoms with van der Waals surface area (Å²) in [6, 6.07) is 0. The first-order valence-corrected chi connectivity index (χ1v) is 3.49. The van der Waals surface area contributed by atoms with E-state index in [4.69, 9.17) is 10.4 Å². The lowest BCUT2D eigenvalue weighted by molar-refractivity contribution is -0.828. The lowest BCUT2D eigenvalue weighted by Crippen LogP contribution is -2.42. The SMILES string of the molecule is C[N+](C)(C#N)CC(O)CC(=O)[O-]. The average Bonchev–Trinajstić information content (AvgIpc) is 1.84. The van der Waals surface area contributed by atoms with Gasteiger partial charge in [-0.3, -0.25) is 0 Å². The van der Waals surface area contributed by atoms with E-state index in [1.54, 1.807) is 14.1 Å². The van der Waals surface area contributed by atoms with E-state index in [0.717, 1.165) is 0 Å². The molecule has 0 amide bonds. The Morgan fingerprint density at radius 2 is 2.25 bits per heavy atom. The number of carbonyl (C=O) groups excluding carboxylic acids is 1. The minimum Gasteiger partial charge on any atom is -0.550 e. The van der Waals surface area contributed by atoms with E-state index in [2.05, 4.69) is 0 Å². The first kappa shape index (κ1) is 10.9. The first-order chi connectivity index (χ1) is 5.37. The van der Waals surface area contributed by atoms with E-state index < -0.39 is 18.5 Å². The number of aliphatic hydroxyl groups excluding tert-OH is 1. The summed E-state index contributed by atoms with van der Waals surface area (Å²) in [6.45, 7) is 0.0878. The summed E-state index contributed by atoms with van der Waals surface area (Å²) in [5, 5.41) is 27.6. The number of carboxylic acids is 1. The summed E-state index contributed by atoms with van der Waals surface area (Å²) in [7, 11) is 3.16. The smallest absolute Gasteiger partial charge is 0.308 e. The Kier molecular flexibility index (Phi) is 3.67. The minimum atomic E-state index is -1.31. The second kappa shape index (κ2) is 4.04. The molecule has 68 valence electrons. The van der Waals surface area contributed by atoms with Gasteiger partial charge in [-0.2, -0.15) is 0 Å². The van der Waals surface area contributed by atoms with Crippen LogP contribution in [0.3, 0.4) is 0 Å². The molecule has 1 N–H and O–H groups in total. The molecule has 0 heterocycles. The van der Waals surface area contributed by atoms with Crippen molar-refractivity contribution in [3.63, 3.8) is 0 Å². The van der Waals surface area contributed by atoms with Gasteiger partial charge in [0.1, 0.15) is 12.6 Å². The van der Waals surface area contributed by atoms with Crippen molar-refractivity contribution in [2.24, 2.45) is 0 Å². The number of nitrogens with zero attached hydrogens (tertiary/aromatic N) is 2. The van der Waals surface area contributed by atoms with Gasteiger partial charge < -0.3 is 15.0 Å². The summed E-state index contributed by atoms with van der Waals surface area (Å²) in [5.41, 5.74) is 0. The number of quaternary nitrogens is 1. The number of hydrogen-bond acceptors (Lipinski definition) is 4. The normalized spacial score (nSPS) is 13.5. The lowest BCUT2D eigenvalue weighted by atomic mass is 10.2. The van der Waals surface area contributed by atoms with Gasteiger partial charge in [0, 0.05) is 12.4 Å². The van der Waals surface area contributed by atoms with Crippen molar-refractivity contribution in [3.05, 3.63) is 0 Å². The molecular formula is C7H12N2O3. The van der Waals surface area contributed by atoms with Crippen LogP contribution in [0, 0.1) is 11.5 Å². The predicted molar refractivity (Wildman–Crippen MR) is 38.2 cm³/mol. The van der Waals surface area contributed by atoms with Gasteiger partial charge in [-0.1, -0.05) is 0 Å². The number of hydrogen-bond donors (Lipinski definition) is 1. The third-order valence-electron chi connectivity index (χ3n) is 1.34. The van der Waals surface area contributed by atoms with Crippen LogP contribution in [-0.4, -0.2) is 42.3 Å². The van der Waals surface area contributed by atoms with Gasteiger partial charge in [-0.15, -0.1) is 5.26 Å². The van der Waals surface area contributed by atoms with Crippen LogP contribution in [0.25, 0.3) is 0 Å². The van der Waals surface area contributed by atoms with Gasteiger partial charge in [-0.05, 0) is 0 Å². The zero-order chi connectivity index (χ0) is 9.78. The molecule has 0 bridgehead atoms. The van der Waals surface area contributed by atoms with Crippen molar-refractivity contribution < 1.29 is 19.5 Å². The summed E-state index contributed by atoms with van der Waals surface area (Å²) in [6.07, 6.45) is 0.459. The zero-order valence-corrected chi connectivity index (χ0v) is 7.15. The zero-order valence-electron chi connectivity index (χ0n) is 7.15. The molecule has 5 heteroatoms. The molecular weight excluding hydrogens is 160 g/mol. The maximum Gasteiger partial charge on any atom is 0.308 e. The Morgan fingerprint density at radius 1 is 1.75 bits per heavy atom. The van der Waals surface area contributed by atoms with E-state index >= 15 is 0 Å². The van der Waals surface area contributed by atoms with Crippen LogP contribution in [0.5, 0.6) is 0 Å². The molecule has 0 saturated carbocycles. The van der Waals surface area contributed by atoms with Crippen molar-refractivity contribution >= 4 is 5.97 Å². The number of rotatable bonds is 4. The Labute approximate surface area is 71.0 Å². The molecule has 0 aromatic heterocycles. The van der Waals surface area contributed by atoms with Crippen LogP contribution >= 0.6 is 0 Å². The highest BCUT2D eigenvalue weighted by molar-refractivity contribution is 5.64. The molecule has 0 spiro atoms. The lowest BCUT2D eigenvalue weighted by Gasteiger charge is -2.21. The molecule has 0 aromatic carbocycles. The predicted octanol–water partition coefficient (Wildman–Crippen LogP) is -1.96. The standard InChI is InChI=1S/C7H12N2O3/c1-9(2,5-8)4-6(10)3-7(11)12/h6,10H,3-4H2,1-2H3. The van der Waals surface area contributed by atoms with Crippen LogP contribution in [-0.2, 0) is 4.79 Å². The fraction of sp³-hybridized carbons (Fsp3) is 0.714. The Balaban J connectivity index is 3.94. The maximum atomic E-state index is 10.0. The molecule has 0 radical (unpaired) electrons. The number of carbonyl (C=O) groups is 1. The van der Waals surface area contributed by atoms with Gasteiger partial charge in [-0.25, -0.2) is 4.48 Å². The quantitative estimate of drug-likeness (QED) is 0.394. The number of likely N-dealkylation sites (N-methyl/N-ethyl adjacent to an activating group) is 1. The third-order valence-corrected chi connectivity index (χ3v) is 1.34. The number of carboxylic acid groups (broad SMARTS) is 1. The van der Waals surface area contributed by atoms with Gasteiger partial charge in [0.2, 0.25) is 0 Å². The monoisotopic (exact) mass is 172 g/mol. The highest BCUT2D eigenvalue weighted by Crippen LogP contribution is 1.99. The van der Waals surface area contributed by atoms with Crippen LogP contribution in [0.15, 0.2) is 0 Å². The molecule has 12 heavy (non-hydrogen) atoms. The number of aliphatic hydroxyl groups is 1. The largest absolute Gasteiger partial charge is 0.550 e. The molecule has 0 aliphatic heterocycles. The van der Waals surface area contributed by atoms with Crippen molar-refractivity contribution in [1.82, 2.24) is 0 Å². The molecule has 0 fully saturated rings. The summed E-state index contributed by atoms with van der Waals surface area (Å²) >= 11 is 0. The summed E-state index contributed by atoms with van der Waals surface area (Å²) in [5.74, 6) is -1.31. The fourth-order valence-corrected chi connectivity index (χ4v) is 0.825. The van der Waals surface area contributed by atoms with Crippen LogP contribution in [0.1, 0.15) is 6.42 Å². The molecule has 1 atom stereocenters. The summed E-state index contributed by atoms with van der Waals surface area (Å²) in [4.78, 5) is 10.0. The van der Waals surface area contributed by atoms with Crippen LogP contribution in [0.4, 0.5) is 0 Å². The Morgan fingerprint density at radius 3 is 2.58 bits per heavy atom. The third kappa shape index (κ3) is 4.66. The maximum absolute atomic E-state index is 10.0. The van der Waals surface area contributed by atoms with Crippen molar-refractivity contribution in [3.8, 4) is 6.19 Å². The molecule has 0 aliphatic rings. The molecule has 5 nitrogen and oxygen atoms in total. The van der Waals surface area contributed by atoms with Crippen LogP contribution < -0.4 is 5.11 Å². The van der Waals surface area contributed by atoms with Gasteiger partial charge in [0.25, 0.3) is 0 Å². The van der Waals surface area contributed by atoms with E-state index in [-0.39, 0.29) is 11.0 Å². The molecule has 1 unspecified atom stereocenters. The number of aliphatic carboxylic acids is 1. The first-order valence-electron chi connectivity index (χ1n) is 3.49. The topological polar surface area (TPSA) is 84.1 Å². The Hall–Kier alpha value is -1.12. The minimum absolute atomic E-state index is 0.0750. The van der Waals surface area contributed by atoms with Gasteiger partial charge in [0.15, 0.2) is 0 Å². The van der Waals surface area contributed by atoms with Crippen molar-refractivity contribution in [2.75, 3.05) is 20.6 Å². The van der Waals surface area contributed by atoms with Crippen LogP contribution in [0.2, 0.25) is 0 Å². The fourth-order valence-electron chi connectivity index (χ4n) is 0.825. The molecule has 0 rings (SSSR count). The van der Waals surface area contributed by atoms with E-state index in [1.165, 1.54) is 0 Å². The highest BCUT2D eigenvalue weighted by atomic mass is 16.4. The summed E-state index contributed by atoms with van der Waals surface area (Å²) < 4.78 is -0.0750. The molecule has 0 aliphatic carbocycles. The second-order valence-electron chi connectivity index (χ2n) is 3.20. The molecule has 0 aromatic rings. The second-order valence-corrected chi connectivity index (χ2v) is 3.20. The highest BCUT2D eigenvalue weighted by Gasteiger charge is 2.20. The van der Waals surface area contributed by atoms with Crippen molar-refractivity contribution in [1.29, 1.82) is 5.26 Å². The van der Waals surface area contributed by atoms with Crippen molar-refractivity contribution in [2.45, 2.75) is 12.5 Å². The number of nitriles is 1. The van der Waals surface area contributed by atoms with Gasteiger partial charge >= 0.3 is 6.19 Å². The van der Waals surface area contributed by atoms with E-state index in [0.29, 0.717) is 0 Å². The van der Waals surface area contributed by atoms with E-state index in [9.17, 15) is 9.90 Å².